The molecule has 0 N–H and O–H groups in total. The summed E-state index contributed by atoms with van der Waals surface area (Å²) >= 11 is 0. The number of rotatable bonds is 3. The van der Waals surface area contributed by atoms with Gasteiger partial charge in [0.05, 0.1) is 0 Å². The molecule has 2 rings (SSSR count). The molecule has 1 saturated carbocycles. The molecule has 0 amide bonds. The van der Waals surface area contributed by atoms with Gasteiger partial charge >= 0.3 is 0 Å². The standard InChI is InChI=1S/C15H19N/c1-4-11(2)9-15(14-10-12(14)3)13-5-7-16-8-6-13/h4-9,12,14H,10H2,1-3H3/b11-4-,15-9-. The summed E-state index contributed by atoms with van der Waals surface area (Å²) in [6.45, 7) is 6.57. The van der Waals surface area contributed by atoms with Gasteiger partial charge in [-0.2, -0.15) is 0 Å². The molecule has 84 valence electrons. The van der Waals surface area contributed by atoms with Crippen molar-refractivity contribution < 1.29 is 0 Å². The fraction of sp³-hybridized carbons (Fsp3) is 0.400. The van der Waals surface area contributed by atoms with Crippen LogP contribution in [0.4, 0.5) is 0 Å². The van der Waals surface area contributed by atoms with Gasteiger partial charge in [-0.25, -0.2) is 0 Å². The van der Waals surface area contributed by atoms with E-state index in [0.717, 1.165) is 11.8 Å². The molecular weight excluding hydrogens is 194 g/mol. The minimum Gasteiger partial charge on any atom is -0.265 e. The minimum absolute atomic E-state index is 0.747. The molecule has 16 heavy (non-hydrogen) atoms. The van der Waals surface area contributed by atoms with Gasteiger partial charge in [0, 0.05) is 12.4 Å². The predicted octanol–water partition coefficient (Wildman–Crippen LogP) is 4.09. The summed E-state index contributed by atoms with van der Waals surface area (Å²) in [5.74, 6) is 1.58. The Balaban J connectivity index is 2.33. The van der Waals surface area contributed by atoms with Crippen LogP contribution < -0.4 is 0 Å². The van der Waals surface area contributed by atoms with Crippen LogP contribution in [0.1, 0.15) is 32.8 Å². The first-order valence-electron chi connectivity index (χ1n) is 5.97. The van der Waals surface area contributed by atoms with E-state index in [9.17, 15) is 0 Å². The van der Waals surface area contributed by atoms with Crippen molar-refractivity contribution in [2.24, 2.45) is 11.8 Å². The summed E-state index contributed by atoms with van der Waals surface area (Å²) in [6.07, 6.45) is 9.56. The zero-order valence-corrected chi connectivity index (χ0v) is 10.3. The Kier molecular flexibility index (Phi) is 3.23. The number of hydrogen-bond acceptors (Lipinski definition) is 1. The summed E-state index contributed by atoms with van der Waals surface area (Å²) in [4.78, 5) is 4.08. The normalized spacial score (nSPS) is 25.7. The second kappa shape index (κ2) is 4.65. The van der Waals surface area contributed by atoms with Crippen LogP contribution in [0.3, 0.4) is 0 Å². The topological polar surface area (TPSA) is 12.9 Å². The van der Waals surface area contributed by atoms with Gasteiger partial charge in [0.25, 0.3) is 0 Å². The third-order valence-corrected chi connectivity index (χ3v) is 3.36. The highest BCUT2D eigenvalue weighted by Crippen LogP contribution is 2.47. The van der Waals surface area contributed by atoms with Gasteiger partial charge in [0.2, 0.25) is 0 Å². The van der Waals surface area contributed by atoms with E-state index in [-0.39, 0.29) is 0 Å². The SMILES string of the molecule is C/C=C(C)\C=C(\c1ccncc1)C1CC1C. The molecule has 0 spiro atoms. The maximum atomic E-state index is 4.08. The van der Waals surface area contributed by atoms with E-state index in [1.54, 1.807) is 0 Å². The molecule has 0 aliphatic heterocycles. The number of hydrogen-bond donors (Lipinski definition) is 0. The second-order valence-corrected chi connectivity index (χ2v) is 4.69. The predicted molar refractivity (Wildman–Crippen MR) is 68.9 cm³/mol. The van der Waals surface area contributed by atoms with Crippen molar-refractivity contribution in [1.29, 1.82) is 0 Å². The minimum atomic E-state index is 0.747. The first-order chi connectivity index (χ1) is 7.72. The summed E-state index contributed by atoms with van der Waals surface area (Å²) in [5, 5.41) is 0. The van der Waals surface area contributed by atoms with Crippen LogP contribution in [-0.4, -0.2) is 4.98 Å². The van der Waals surface area contributed by atoms with Gasteiger partial charge in [-0.05, 0) is 55.4 Å². The lowest BCUT2D eigenvalue weighted by Crippen LogP contribution is -1.90. The van der Waals surface area contributed by atoms with Crippen LogP contribution in [0.25, 0.3) is 5.57 Å². The molecule has 1 fully saturated rings. The molecule has 0 saturated heterocycles. The van der Waals surface area contributed by atoms with Crippen molar-refractivity contribution in [1.82, 2.24) is 4.98 Å². The molecule has 1 nitrogen and oxygen atoms in total. The summed E-state index contributed by atoms with van der Waals surface area (Å²) in [5.41, 5.74) is 4.14. The van der Waals surface area contributed by atoms with E-state index in [1.807, 2.05) is 12.4 Å². The van der Waals surface area contributed by atoms with Crippen LogP contribution in [0.15, 0.2) is 42.3 Å². The maximum Gasteiger partial charge on any atom is 0.0273 e. The number of nitrogens with zero attached hydrogens (tertiary/aromatic N) is 1. The van der Waals surface area contributed by atoms with Crippen LogP contribution in [0.5, 0.6) is 0 Å². The lowest BCUT2D eigenvalue weighted by molar-refractivity contribution is 0.910. The third kappa shape index (κ3) is 2.41. The van der Waals surface area contributed by atoms with E-state index >= 15 is 0 Å². The average molecular weight is 213 g/mol. The molecule has 1 heterocycles. The molecule has 2 atom stereocenters. The van der Waals surface area contributed by atoms with Crippen molar-refractivity contribution in [3.63, 3.8) is 0 Å². The Morgan fingerprint density at radius 3 is 2.50 bits per heavy atom. The Bertz CT molecular complexity index is 414. The highest BCUT2D eigenvalue weighted by atomic mass is 14.6. The summed E-state index contributed by atoms with van der Waals surface area (Å²) in [6, 6.07) is 4.22. The smallest absolute Gasteiger partial charge is 0.0273 e. The lowest BCUT2D eigenvalue weighted by Gasteiger charge is -2.07. The highest BCUT2D eigenvalue weighted by Gasteiger charge is 2.36. The summed E-state index contributed by atoms with van der Waals surface area (Å²) in [7, 11) is 0. The van der Waals surface area contributed by atoms with E-state index < -0.39 is 0 Å². The molecule has 0 aromatic carbocycles. The maximum absolute atomic E-state index is 4.08. The van der Waals surface area contributed by atoms with Gasteiger partial charge < -0.3 is 0 Å². The molecule has 1 aliphatic rings. The molecule has 0 bridgehead atoms. The van der Waals surface area contributed by atoms with Crippen molar-refractivity contribution >= 4 is 5.57 Å². The molecule has 1 aromatic rings. The van der Waals surface area contributed by atoms with Crippen LogP contribution >= 0.6 is 0 Å². The van der Waals surface area contributed by atoms with Gasteiger partial charge in [-0.1, -0.05) is 24.6 Å². The fourth-order valence-corrected chi connectivity index (χ4v) is 2.03. The van der Waals surface area contributed by atoms with E-state index in [0.29, 0.717) is 0 Å². The summed E-state index contributed by atoms with van der Waals surface area (Å²) < 4.78 is 0. The van der Waals surface area contributed by atoms with E-state index in [4.69, 9.17) is 0 Å². The Morgan fingerprint density at radius 2 is 2.00 bits per heavy atom. The van der Waals surface area contributed by atoms with Gasteiger partial charge in [-0.3, -0.25) is 4.98 Å². The Hall–Kier alpha value is -1.37. The van der Waals surface area contributed by atoms with Gasteiger partial charge in [-0.15, -0.1) is 0 Å². The Labute approximate surface area is 97.9 Å². The van der Waals surface area contributed by atoms with Crippen LogP contribution in [0.2, 0.25) is 0 Å². The molecule has 1 aliphatic carbocycles. The van der Waals surface area contributed by atoms with Crippen molar-refractivity contribution in [3.05, 3.63) is 47.8 Å². The first kappa shape index (κ1) is 11.1. The van der Waals surface area contributed by atoms with Gasteiger partial charge in [0.15, 0.2) is 0 Å². The van der Waals surface area contributed by atoms with Crippen molar-refractivity contribution in [3.8, 4) is 0 Å². The first-order valence-corrected chi connectivity index (χ1v) is 5.97. The Morgan fingerprint density at radius 1 is 1.38 bits per heavy atom. The quantitative estimate of drug-likeness (QED) is 0.689. The largest absolute Gasteiger partial charge is 0.265 e. The molecular formula is C15H19N. The van der Waals surface area contributed by atoms with E-state index in [1.165, 1.54) is 23.1 Å². The molecule has 2 unspecified atom stereocenters. The monoisotopic (exact) mass is 213 g/mol. The number of pyridine rings is 1. The molecule has 1 heteroatoms. The van der Waals surface area contributed by atoms with Crippen LogP contribution in [-0.2, 0) is 0 Å². The lowest BCUT2D eigenvalue weighted by atomic mass is 9.99. The molecule has 1 aromatic heterocycles. The zero-order valence-electron chi connectivity index (χ0n) is 10.3. The molecule has 0 radical (unpaired) electrons. The van der Waals surface area contributed by atoms with Gasteiger partial charge in [0.1, 0.15) is 0 Å². The zero-order chi connectivity index (χ0) is 11.5. The van der Waals surface area contributed by atoms with Crippen LogP contribution in [0, 0.1) is 11.8 Å². The third-order valence-electron chi connectivity index (χ3n) is 3.36. The highest BCUT2D eigenvalue weighted by molar-refractivity contribution is 5.71. The number of aromatic nitrogens is 1. The van der Waals surface area contributed by atoms with Crippen molar-refractivity contribution in [2.45, 2.75) is 27.2 Å². The average Bonchev–Trinajstić information content (AvgIpc) is 3.04. The second-order valence-electron chi connectivity index (χ2n) is 4.69. The number of allylic oxidation sites excluding steroid dienone is 4. The van der Waals surface area contributed by atoms with E-state index in [2.05, 4.69) is 50.0 Å². The fourth-order valence-electron chi connectivity index (χ4n) is 2.03. The van der Waals surface area contributed by atoms with Crippen molar-refractivity contribution in [2.75, 3.05) is 0 Å².